The van der Waals surface area contributed by atoms with E-state index in [9.17, 15) is 0 Å². The van der Waals surface area contributed by atoms with Gasteiger partial charge in [-0.3, -0.25) is 0 Å². The molecule has 0 bridgehead atoms. The molecular formula is C26H34NO4+. The van der Waals surface area contributed by atoms with Gasteiger partial charge in [-0.1, -0.05) is 34.6 Å². The largest absolute Gasteiger partial charge is 0.493 e. The molecule has 31 heavy (non-hydrogen) atoms. The van der Waals surface area contributed by atoms with Gasteiger partial charge in [0.15, 0.2) is 35.7 Å². The third-order valence-electron chi connectivity index (χ3n) is 5.60. The molecule has 166 valence electrons. The van der Waals surface area contributed by atoms with E-state index in [1.165, 1.54) is 27.8 Å². The van der Waals surface area contributed by atoms with Crippen LogP contribution in [0.4, 0.5) is 0 Å². The Hall–Kier alpha value is -2.95. The summed E-state index contributed by atoms with van der Waals surface area (Å²) in [6, 6.07) is 8.40. The summed E-state index contributed by atoms with van der Waals surface area (Å²) in [5.74, 6) is 3.23. The van der Waals surface area contributed by atoms with E-state index in [1.807, 2.05) is 33.8 Å². The average molecular weight is 425 g/mol. The van der Waals surface area contributed by atoms with E-state index in [2.05, 4.69) is 35.9 Å². The highest BCUT2D eigenvalue weighted by atomic mass is 16.7. The van der Waals surface area contributed by atoms with Crippen molar-refractivity contribution < 1.29 is 23.5 Å². The predicted octanol–water partition coefficient (Wildman–Crippen LogP) is 5.71. The number of benzene rings is 2. The number of aryl methyl sites for hydroxylation is 3. The lowest BCUT2D eigenvalue weighted by atomic mass is 9.90. The molecule has 5 rings (SSSR count). The molecule has 2 aromatic carbocycles. The van der Waals surface area contributed by atoms with Crippen LogP contribution in [0.2, 0.25) is 0 Å². The minimum absolute atomic E-state index is 0.299. The second kappa shape index (κ2) is 9.90. The molecule has 0 spiro atoms. The lowest BCUT2D eigenvalue weighted by Gasteiger charge is -2.20. The number of rotatable bonds is 3. The molecule has 0 atom stereocenters. The molecule has 0 fully saturated rings. The van der Waals surface area contributed by atoms with Gasteiger partial charge in [-0.05, 0) is 36.2 Å². The van der Waals surface area contributed by atoms with Crippen LogP contribution in [0.3, 0.4) is 0 Å². The van der Waals surface area contributed by atoms with Crippen LogP contribution in [-0.2, 0) is 19.4 Å². The molecule has 0 aliphatic carbocycles. The van der Waals surface area contributed by atoms with Crippen LogP contribution >= 0.6 is 0 Å². The Morgan fingerprint density at radius 1 is 0.935 bits per heavy atom. The summed E-state index contributed by atoms with van der Waals surface area (Å²) in [6.45, 7) is 11.4. The van der Waals surface area contributed by atoms with Gasteiger partial charge in [-0.2, -0.15) is 4.57 Å². The highest BCUT2D eigenvalue weighted by molar-refractivity contribution is 5.95. The number of hydrogen-bond donors (Lipinski definition) is 0. The SMILES string of the molecule is CC.CC.CCc1c2[n+](cc3c(OC)c(OC)ccc13)CCc1cc3c(cc1-2)OCO3. The van der Waals surface area contributed by atoms with Crippen molar-refractivity contribution in [1.82, 2.24) is 0 Å². The van der Waals surface area contributed by atoms with E-state index < -0.39 is 0 Å². The second-order valence-corrected chi connectivity index (χ2v) is 6.88. The van der Waals surface area contributed by atoms with Gasteiger partial charge >= 0.3 is 0 Å². The van der Waals surface area contributed by atoms with Gasteiger partial charge < -0.3 is 18.9 Å². The molecule has 3 aromatic rings. The zero-order valence-electron chi connectivity index (χ0n) is 19.8. The number of aromatic nitrogens is 1. The summed E-state index contributed by atoms with van der Waals surface area (Å²) in [5, 5.41) is 2.29. The number of hydrogen-bond acceptors (Lipinski definition) is 4. The first-order valence-corrected chi connectivity index (χ1v) is 11.3. The number of nitrogens with zero attached hydrogens (tertiary/aromatic N) is 1. The van der Waals surface area contributed by atoms with Crippen molar-refractivity contribution in [3.8, 4) is 34.3 Å². The van der Waals surface area contributed by atoms with Crippen molar-refractivity contribution in [2.75, 3.05) is 21.0 Å². The molecule has 5 heteroatoms. The minimum Gasteiger partial charge on any atom is -0.493 e. The zero-order chi connectivity index (χ0) is 22.5. The predicted molar refractivity (Wildman–Crippen MR) is 125 cm³/mol. The maximum absolute atomic E-state index is 5.70. The molecule has 5 nitrogen and oxygen atoms in total. The molecular weight excluding hydrogens is 390 g/mol. The van der Waals surface area contributed by atoms with E-state index in [1.54, 1.807) is 14.2 Å². The van der Waals surface area contributed by atoms with E-state index in [0.717, 1.165) is 47.8 Å². The number of pyridine rings is 1. The number of ether oxygens (including phenoxy) is 4. The first-order valence-electron chi connectivity index (χ1n) is 11.3. The third-order valence-corrected chi connectivity index (χ3v) is 5.60. The zero-order valence-corrected chi connectivity index (χ0v) is 19.8. The molecule has 0 saturated heterocycles. The molecule has 0 amide bonds. The van der Waals surface area contributed by atoms with Gasteiger partial charge in [0.2, 0.25) is 12.5 Å². The van der Waals surface area contributed by atoms with Crippen LogP contribution in [0.25, 0.3) is 22.0 Å². The standard InChI is InChI=1S/C22H22NO4.2C2H6/c1-4-14-15-5-6-18(24-2)22(25-3)17(15)11-23-8-7-13-9-19-20(27-12-26-19)10-16(13)21(14)23;2*1-2/h5-6,9-11H,4,7-8,12H2,1-3H3;2*1-2H3/q+1;;. The van der Waals surface area contributed by atoms with E-state index >= 15 is 0 Å². The van der Waals surface area contributed by atoms with Crippen molar-refractivity contribution in [1.29, 1.82) is 0 Å². The lowest BCUT2D eigenvalue weighted by Crippen LogP contribution is -2.41. The molecule has 0 radical (unpaired) electrons. The third kappa shape index (κ3) is 3.78. The smallest absolute Gasteiger partial charge is 0.231 e. The second-order valence-electron chi connectivity index (χ2n) is 6.88. The summed E-state index contributed by atoms with van der Waals surface area (Å²) < 4.78 is 24.8. The Labute approximate surface area is 185 Å². The Bertz CT molecular complexity index is 1080. The first kappa shape index (κ1) is 22.7. The van der Waals surface area contributed by atoms with Crippen LogP contribution in [0, 0.1) is 0 Å². The summed E-state index contributed by atoms with van der Waals surface area (Å²) in [7, 11) is 3.37. The first-order chi connectivity index (χ1) is 15.2. The van der Waals surface area contributed by atoms with Gasteiger partial charge in [-0.25, -0.2) is 0 Å². The van der Waals surface area contributed by atoms with Crippen LogP contribution < -0.4 is 23.5 Å². The van der Waals surface area contributed by atoms with Crippen molar-refractivity contribution >= 4 is 10.8 Å². The molecule has 3 heterocycles. The summed E-state index contributed by atoms with van der Waals surface area (Å²) in [5.41, 5.74) is 5.12. The Kier molecular flexibility index (Phi) is 7.26. The summed E-state index contributed by atoms with van der Waals surface area (Å²) in [4.78, 5) is 0. The number of methoxy groups -OCH3 is 2. The van der Waals surface area contributed by atoms with Gasteiger partial charge in [0, 0.05) is 17.4 Å². The fourth-order valence-electron chi connectivity index (χ4n) is 4.37. The van der Waals surface area contributed by atoms with E-state index in [0.29, 0.717) is 6.79 Å². The quantitative estimate of drug-likeness (QED) is 0.505. The van der Waals surface area contributed by atoms with Crippen molar-refractivity contribution in [2.45, 2.75) is 54.0 Å². The summed E-state index contributed by atoms with van der Waals surface area (Å²) in [6.07, 6.45) is 4.08. The van der Waals surface area contributed by atoms with Crippen LogP contribution in [0.5, 0.6) is 23.0 Å². The Morgan fingerprint density at radius 2 is 1.65 bits per heavy atom. The van der Waals surface area contributed by atoms with E-state index in [-0.39, 0.29) is 0 Å². The molecule has 0 saturated carbocycles. The molecule has 0 unspecified atom stereocenters. The lowest BCUT2D eigenvalue weighted by molar-refractivity contribution is -0.686. The average Bonchev–Trinajstić information content (AvgIpc) is 3.30. The molecule has 2 aliphatic heterocycles. The maximum Gasteiger partial charge on any atom is 0.231 e. The van der Waals surface area contributed by atoms with Gasteiger partial charge in [-0.15, -0.1) is 0 Å². The van der Waals surface area contributed by atoms with Gasteiger partial charge in [0.1, 0.15) is 0 Å². The molecule has 0 N–H and O–H groups in total. The van der Waals surface area contributed by atoms with Crippen molar-refractivity contribution in [3.63, 3.8) is 0 Å². The topological polar surface area (TPSA) is 40.8 Å². The van der Waals surface area contributed by atoms with Crippen LogP contribution in [-0.4, -0.2) is 21.0 Å². The van der Waals surface area contributed by atoms with Crippen molar-refractivity contribution in [3.05, 3.63) is 41.6 Å². The molecule has 1 aromatic heterocycles. The van der Waals surface area contributed by atoms with Crippen molar-refractivity contribution in [2.24, 2.45) is 0 Å². The monoisotopic (exact) mass is 424 g/mol. The highest BCUT2D eigenvalue weighted by Crippen LogP contribution is 2.43. The normalized spacial score (nSPS) is 12.6. The van der Waals surface area contributed by atoms with Gasteiger partial charge in [0.25, 0.3) is 0 Å². The fourth-order valence-corrected chi connectivity index (χ4v) is 4.37. The highest BCUT2D eigenvalue weighted by Gasteiger charge is 2.31. The Balaban J connectivity index is 0.000000645. The maximum atomic E-state index is 5.70. The van der Waals surface area contributed by atoms with Crippen LogP contribution in [0.15, 0.2) is 30.5 Å². The summed E-state index contributed by atoms with van der Waals surface area (Å²) >= 11 is 0. The van der Waals surface area contributed by atoms with E-state index in [4.69, 9.17) is 18.9 Å². The van der Waals surface area contributed by atoms with Crippen LogP contribution in [0.1, 0.15) is 45.7 Å². The number of fused-ring (bicyclic) bond motifs is 5. The minimum atomic E-state index is 0.299. The van der Waals surface area contributed by atoms with Gasteiger partial charge in [0.05, 0.1) is 25.2 Å². The Morgan fingerprint density at radius 3 is 2.29 bits per heavy atom. The molecule has 2 aliphatic rings. The fraction of sp³-hybridized carbons (Fsp3) is 0.423.